The Morgan fingerprint density at radius 3 is 2.60 bits per heavy atom. The second kappa shape index (κ2) is 5.81. The van der Waals surface area contributed by atoms with E-state index in [9.17, 15) is 14.7 Å². The first-order chi connectivity index (χ1) is 9.47. The summed E-state index contributed by atoms with van der Waals surface area (Å²) in [5, 5.41) is 23.6. The summed E-state index contributed by atoms with van der Waals surface area (Å²) in [6, 6.07) is 3.43. The number of nitrogens with one attached hydrogen (secondary N) is 2. The van der Waals surface area contributed by atoms with Gasteiger partial charge in [-0.2, -0.15) is 0 Å². The molecule has 2 rings (SSSR count). The zero-order valence-corrected chi connectivity index (χ0v) is 11.2. The van der Waals surface area contributed by atoms with Gasteiger partial charge in [0.2, 0.25) is 0 Å². The van der Waals surface area contributed by atoms with Gasteiger partial charge in [-0.1, -0.05) is 6.42 Å². The van der Waals surface area contributed by atoms with Crippen molar-refractivity contribution in [3.8, 4) is 5.75 Å². The molecule has 1 atom stereocenters. The maximum absolute atomic E-state index is 11.8. The summed E-state index contributed by atoms with van der Waals surface area (Å²) in [6.45, 7) is 1.94. The normalized spacial score (nSPS) is 16.1. The first kappa shape index (κ1) is 14.2. The van der Waals surface area contributed by atoms with Crippen LogP contribution in [0.15, 0.2) is 18.2 Å². The molecule has 0 heterocycles. The van der Waals surface area contributed by atoms with Crippen LogP contribution in [0.5, 0.6) is 5.75 Å². The lowest BCUT2D eigenvalue weighted by Crippen LogP contribution is -2.42. The van der Waals surface area contributed by atoms with Crippen molar-refractivity contribution in [1.82, 2.24) is 5.32 Å². The van der Waals surface area contributed by atoms with Crippen LogP contribution in [0.1, 0.15) is 36.5 Å². The van der Waals surface area contributed by atoms with Gasteiger partial charge in [0.1, 0.15) is 5.75 Å². The number of rotatable bonds is 4. The van der Waals surface area contributed by atoms with Crippen molar-refractivity contribution in [3.05, 3.63) is 23.8 Å². The molecule has 2 amide bonds. The highest BCUT2D eigenvalue weighted by atomic mass is 16.4. The van der Waals surface area contributed by atoms with Gasteiger partial charge >= 0.3 is 12.0 Å². The average molecular weight is 278 g/mol. The Kier molecular flexibility index (Phi) is 4.12. The smallest absolute Gasteiger partial charge is 0.337 e. The van der Waals surface area contributed by atoms with Crippen molar-refractivity contribution < 1.29 is 19.8 Å². The number of benzene rings is 1. The predicted molar refractivity (Wildman–Crippen MR) is 74.0 cm³/mol. The Morgan fingerprint density at radius 1 is 1.35 bits per heavy atom. The lowest BCUT2D eigenvalue weighted by Gasteiger charge is -2.31. The number of carboxylic acids is 1. The lowest BCUT2D eigenvalue weighted by molar-refractivity contribution is 0.0697. The number of anilines is 1. The number of phenolic OH excluding ortho intramolecular Hbond substituents is 1. The van der Waals surface area contributed by atoms with Crippen LogP contribution in [0.25, 0.3) is 0 Å². The average Bonchev–Trinajstić information content (AvgIpc) is 2.28. The van der Waals surface area contributed by atoms with E-state index in [1.54, 1.807) is 0 Å². The molecule has 0 bridgehead atoms. The van der Waals surface area contributed by atoms with E-state index in [0.29, 0.717) is 5.92 Å². The zero-order valence-electron chi connectivity index (χ0n) is 11.2. The highest BCUT2D eigenvalue weighted by Crippen LogP contribution is 2.29. The molecule has 1 aliphatic rings. The maximum Gasteiger partial charge on any atom is 0.337 e. The van der Waals surface area contributed by atoms with Crippen molar-refractivity contribution in [2.75, 3.05) is 5.32 Å². The minimum absolute atomic E-state index is 0.0640. The molecule has 1 aromatic rings. The van der Waals surface area contributed by atoms with Crippen molar-refractivity contribution >= 4 is 17.7 Å². The van der Waals surface area contributed by atoms with Crippen molar-refractivity contribution in [2.45, 2.75) is 32.2 Å². The number of carbonyl (C=O) groups is 2. The Labute approximate surface area is 116 Å². The number of aromatic hydroxyl groups is 1. The molecule has 1 unspecified atom stereocenters. The van der Waals surface area contributed by atoms with Crippen LogP contribution < -0.4 is 10.6 Å². The van der Waals surface area contributed by atoms with E-state index in [1.807, 2.05) is 6.92 Å². The van der Waals surface area contributed by atoms with Gasteiger partial charge in [-0.25, -0.2) is 9.59 Å². The Balaban J connectivity index is 2.01. The first-order valence-electron chi connectivity index (χ1n) is 6.61. The number of hydrogen-bond donors (Lipinski definition) is 4. The number of carboxylic acid groups (broad SMARTS) is 1. The number of hydrogen-bond acceptors (Lipinski definition) is 3. The minimum Gasteiger partial charge on any atom is -0.508 e. The van der Waals surface area contributed by atoms with Crippen LogP contribution in [0.2, 0.25) is 0 Å². The van der Waals surface area contributed by atoms with Crippen LogP contribution >= 0.6 is 0 Å². The molecule has 1 aliphatic carbocycles. The van der Waals surface area contributed by atoms with Gasteiger partial charge in [0.25, 0.3) is 0 Å². The van der Waals surface area contributed by atoms with Crippen LogP contribution in [-0.2, 0) is 0 Å². The summed E-state index contributed by atoms with van der Waals surface area (Å²) in [5.74, 6) is -0.862. The van der Waals surface area contributed by atoms with Crippen LogP contribution in [0, 0.1) is 5.92 Å². The molecule has 4 N–H and O–H groups in total. The largest absolute Gasteiger partial charge is 0.508 e. The molecule has 20 heavy (non-hydrogen) atoms. The summed E-state index contributed by atoms with van der Waals surface area (Å²) in [6.07, 6.45) is 3.42. The van der Waals surface area contributed by atoms with Crippen LogP contribution in [0.4, 0.5) is 10.5 Å². The highest BCUT2D eigenvalue weighted by molar-refractivity contribution is 6.00. The van der Waals surface area contributed by atoms with Gasteiger partial charge in [0.05, 0.1) is 11.3 Å². The molecule has 1 aromatic carbocycles. The van der Waals surface area contributed by atoms with E-state index >= 15 is 0 Å². The van der Waals surface area contributed by atoms with Crippen LogP contribution in [-0.4, -0.2) is 28.3 Å². The van der Waals surface area contributed by atoms with Crippen molar-refractivity contribution in [1.29, 1.82) is 0 Å². The summed E-state index contributed by atoms with van der Waals surface area (Å²) < 4.78 is 0. The van der Waals surface area contributed by atoms with Gasteiger partial charge in [0.15, 0.2) is 0 Å². The van der Waals surface area contributed by atoms with E-state index in [1.165, 1.54) is 18.6 Å². The molecule has 1 saturated carbocycles. The Bertz CT molecular complexity index is 526. The van der Waals surface area contributed by atoms with E-state index in [2.05, 4.69) is 10.6 Å². The van der Waals surface area contributed by atoms with Gasteiger partial charge < -0.3 is 20.8 Å². The summed E-state index contributed by atoms with van der Waals surface area (Å²) in [4.78, 5) is 22.9. The monoisotopic (exact) mass is 278 g/mol. The Hall–Kier alpha value is -2.24. The highest BCUT2D eigenvalue weighted by Gasteiger charge is 2.25. The van der Waals surface area contributed by atoms with Crippen LogP contribution in [0.3, 0.4) is 0 Å². The minimum atomic E-state index is -1.21. The topological polar surface area (TPSA) is 98.7 Å². The number of aromatic carboxylic acids is 1. The molecule has 0 aliphatic heterocycles. The number of carbonyl (C=O) groups excluding carboxylic acids is 1. The maximum atomic E-state index is 11.8. The third kappa shape index (κ3) is 3.20. The lowest BCUT2D eigenvalue weighted by atomic mass is 9.80. The summed E-state index contributed by atoms with van der Waals surface area (Å²) in [7, 11) is 0. The predicted octanol–water partition coefficient (Wildman–Crippen LogP) is 2.40. The molecular weight excluding hydrogens is 260 g/mol. The first-order valence-corrected chi connectivity index (χ1v) is 6.61. The third-order valence-corrected chi connectivity index (χ3v) is 3.70. The third-order valence-electron chi connectivity index (χ3n) is 3.70. The number of amides is 2. The van der Waals surface area contributed by atoms with Gasteiger partial charge in [0, 0.05) is 6.04 Å². The van der Waals surface area contributed by atoms with Gasteiger partial charge in [-0.15, -0.1) is 0 Å². The van der Waals surface area contributed by atoms with E-state index in [0.717, 1.165) is 18.9 Å². The van der Waals surface area contributed by atoms with E-state index < -0.39 is 12.0 Å². The standard InChI is InChI=1S/C14H18N2O4/c1-8(9-3-2-4-9)15-14(20)16-12-6-5-10(17)7-11(12)13(18)19/h5-9,17H,2-4H2,1H3,(H,18,19)(H2,15,16,20). The molecule has 0 spiro atoms. The summed E-state index contributed by atoms with van der Waals surface area (Å²) in [5.41, 5.74) is 0.0186. The van der Waals surface area contributed by atoms with E-state index in [-0.39, 0.29) is 23.0 Å². The molecule has 1 fully saturated rings. The fourth-order valence-electron chi connectivity index (χ4n) is 2.24. The van der Waals surface area contributed by atoms with Gasteiger partial charge in [-0.05, 0) is 43.9 Å². The zero-order chi connectivity index (χ0) is 14.7. The molecule has 6 heteroatoms. The number of urea groups is 1. The number of phenols is 1. The second-order valence-electron chi connectivity index (χ2n) is 5.11. The molecule has 0 saturated heterocycles. The molecule has 0 aromatic heterocycles. The van der Waals surface area contributed by atoms with E-state index in [4.69, 9.17) is 5.11 Å². The fraction of sp³-hybridized carbons (Fsp3) is 0.429. The molecule has 6 nitrogen and oxygen atoms in total. The quantitative estimate of drug-likeness (QED) is 0.635. The molecular formula is C14H18N2O4. The molecule has 108 valence electrons. The summed E-state index contributed by atoms with van der Waals surface area (Å²) >= 11 is 0. The van der Waals surface area contributed by atoms with Gasteiger partial charge in [-0.3, -0.25) is 0 Å². The SMILES string of the molecule is CC(NC(=O)Nc1ccc(O)cc1C(=O)O)C1CCC1. The van der Waals surface area contributed by atoms with Crippen molar-refractivity contribution in [2.24, 2.45) is 5.92 Å². The fourth-order valence-corrected chi connectivity index (χ4v) is 2.24. The Morgan fingerprint density at radius 2 is 2.05 bits per heavy atom. The second-order valence-corrected chi connectivity index (χ2v) is 5.11. The van der Waals surface area contributed by atoms with Crippen molar-refractivity contribution in [3.63, 3.8) is 0 Å². The molecule has 0 radical (unpaired) electrons.